The highest BCUT2D eigenvalue weighted by Crippen LogP contribution is 1.94. The van der Waals surface area contributed by atoms with Gasteiger partial charge in [-0.25, -0.2) is 0 Å². The average molecular weight is 162 g/mol. The van der Waals surface area contributed by atoms with E-state index in [4.69, 9.17) is 14.6 Å². The summed E-state index contributed by atoms with van der Waals surface area (Å²) >= 11 is 0. The van der Waals surface area contributed by atoms with Crippen molar-refractivity contribution in [2.24, 2.45) is 0 Å². The number of ether oxygens (including phenoxy) is 2. The summed E-state index contributed by atoms with van der Waals surface area (Å²) in [6.45, 7) is 4.75. The van der Waals surface area contributed by atoms with Gasteiger partial charge in [0.15, 0.2) is 6.29 Å². The van der Waals surface area contributed by atoms with E-state index in [9.17, 15) is 4.79 Å². The fourth-order valence-electron chi connectivity index (χ4n) is 0.592. The van der Waals surface area contributed by atoms with Crippen molar-refractivity contribution in [1.82, 2.24) is 0 Å². The van der Waals surface area contributed by atoms with E-state index in [1.165, 1.54) is 13.8 Å². The quantitative estimate of drug-likeness (QED) is 0.477. The van der Waals surface area contributed by atoms with Crippen LogP contribution in [0.25, 0.3) is 0 Å². The van der Waals surface area contributed by atoms with Crippen LogP contribution in [0.2, 0.25) is 0 Å². The van der Waals surface area contributed by atoms with E-state index in [0.717, 1.165) is 0 Å². The lowest BCUT2D eigenvalue weighted by molar-refractivity contribution is -0.156. The fraction of sp³-hybridized carbons (Fsp3) is 0.857. The van der Waals surface area contributed by atoms with E-state index < -0.39 is 6.29 Å². The number of hydrogen-bond acceptors (Lipinski definition) is 4. The van der Waals surface area contributed by atoms with Gasteiger partial charge in [-0.3, -0.25) is 4.79 Å². The Morgan fingerprint density at radius 2 is 2.09 bits per heavy atom. The summed E-state index contributed by atoms with van der Waals surface area (Å²) in [7, 11) is 0. The number of carbonyl (C=O) groups excluding carboxylic acids is 1. The minimum atomic E-state index is -0.812. The molecule has 4 nitrogen and oxygen atoms in total. The lowest BCUT2D eigenvalue weighted by atomic mass is 10.4. The normalized spacial score (nSPS) is 15.6. The molecule has 0 amide bonds. The average Bonchev–Trinajstić information content (AvgIpc) is 1.82. The Morgan fingerprint density at radius 1 is 1.55 bits per heavy atom. The molecule has 11 heavy (non-hydrogen) atoms. The number of aliphatic hydroxyl groups is 1. The minimum Gasteiger partial charge on any atom is -0.460 e. The molecule has 66 valence electrons. The Kier molecular flexibility index (Phi) is 4.81. The van der Waals surface area contributed by atoms with Crippen LogP contribution in [0.3, 0.4) is 0 Å². The van der Waals surface area contributed by atoms with Crippen molar-refractivity contribution in [1.29, 1.82) is 0 Å². The Balaban J connectivity index is 3.37. The van der Waals surface area contributed by atoms with Gasteiger partial charge in [0.05, 0.1) is 6.61 Å². The largest absolute Gasteiger partial charge is 0.460 e. The predicted molar refractivity (Wildman–Crippen MR) is 38.9 cm³/mol. The lowest BCUT2D eigenvalue weighted by Gasteiger charge is -2.13. The first-order valence-electron chi connectivity index (χ1n) is 3.49. The molecule has 0 aromatic carbocycles. The van der Waals surface area contributed by atoms with Crippen LogP contribution in [0.4, 0.5) is 0 Å². The third-order valence-corrected chi connectivity index (χ3v) is 0.939. The maximum Gasteiger partial charge on any atom is 0.302 e. The van der Waals surface area contributed by atoms with E-state index in [1.54, 1.807) is 6.92 Å². The molecule has 0 fully saturated rings. The van der Waals surface area contributed by atoms with Crippen LogP contribution >= 0.6 is 0 Å². The second kappa shape index (κ2) is 5.09. The Bertz CT molecular complexity index is 122. The lowest BCUT2D eigenvalue weighted by Crippen LogP contribution is -2.21. The minimum absolute atomic E-state index is 0.219. The van der Waals surface area contributed by atoms with Crippen LogP contribution in [-0.4, -0.2) is 30.1 Å². The summed E-state index contributed by atoms with van der Waals surface area (Å²) in [5.74, 6) is -0.341. The summed E-state index contributed by atoms with van der Waals surface area (Å²) < 4.78 is 9.51. The third kappa shape index (κ3) is 7.29. The van der Waals surface area contributed by atoms with Gasteiger partial charge < -0.3 is 14.6 Å². The zero-order chi connectivity index (χ0) is 8.85. The summed E-state index contributed by atoms with van der Waals surface area (Å²) in [6.07, 6.45) is -1.12. The van der Waals surface area contributed by atoms with Gasteiger partial charge in [-0.05, 0) is 13.8 Å². The molecule has 0 aliphatic rings. The van der Waals surface area contributed by atoms with Crippen LogP contribution in [-0.2, 0) is 14.3 Å². The highest BCUT2D eigenvalue weighted by atomic mass is 16.6. The smallest absolute Gasteiger partial charge is 0.302 e. The maximum absolute atomic E-state index is 10.4. The number of esters is 1. The highest BCUT2D eigenvalue weighted by Gasteiger charge is 2.06. The van der Waals surface area contributed by atoms with Gasteiger partial charge in [-0.2, -0.15) is 0 Å². The van der Waals surface area contributed by atoms with E-state index in [2.05, 4.69) is 0 Å². The topological polar surface area (TPSA) is 55.8 Å². The standard InChI is InChI=1S/C7H14O4/c1-5(11-7(3)9)4-10-6(2)8/h5-6,8H,4H2,1-3H3. The van der Waals surface area contributed by atoms with Crippen molar-refractivity contribution < 1.29 is 19.4 Å². The molecule has 4 heteroatoms. The Hall–Kier alpha value is -0.610. The molecule has 0 aromatic heterocycles. The number of hydrogen-bond donors (Lipinski definition) is 1. The van der Waals surface area contributed by atoms with E-state index in [1.807, 2.05) is 0 Å². The van der Waals surface area contributed by atoms with Gasteiger partial charge in [0.25, 0.3) is 0 Å². The summed E-state index contributed by atoms with van der Waals surface area (Å²) in [5.41, 5.74) is 0. The summed E-state index contributed by atoms with van der Waals surface area (Å²) in [5, 5.41) is 8.67. The first-order valence-corrected chi connectivity index (χ1v) is 3.49. The van der Waals surface area contributed by atoms with Gasteiger partial charge in [-0.1, -0.05) is 0 Å². The molecule has 0 radical (unpaired) electrons. The van der Waals surface area contributed by atoms with Gasteiger partial charge >= 0.3 is 5.97 Å². The predicted octanol–water partition coefficient (Wildman–Crippen LogP) is 0.293. The molecular formula is C7H14O4. The molecule has 0 rings (SSSR count). The van der Waals surface area contributed by atoms with Gasteiger partial charge in [0, 0.05) is 6.92 Å². The van der Waals surface area contributed by atoms with Gasteiger partial charge in [0.2, 0.25) is 0 Å². The molecule has 2 unspecified atom stereocenters. The molecule has 0 spiro atoms. The van der Waals surface area contributed by atoms with Crippen molar-refractivity contribution >= 4 is 5.97 Å². The van der Waals surface area contributed by atoms with Crippen molar-refractivity contribution in [3.8, 4) is 0 Å². The first-order chi connectivity index (χ1) is 5.02. The van der Waals surface area contributed by atoms with Gasteiger partial charge in [0.1, 0.15) is 6.10 Å². The summed E-state index contributed by atoms with van der Waals surface area (Å²) in [4.78, 5) is 10.4. The Labute approximate surface area is 66.1 Å². The van der Waals surface area contributed by atoms with Crippen molar-refractivity contribution in [3.63, 3.8) is 0 Å². The zero-order valence-electron chi connectivity index (χ0n) is 7.03. The molecule has 2 atom stereocenters. The monoisotopic (exact) mass is 162 g/mol. The second-order valence-corrected chi connectivity index (χ2v) is 2.35. The van der Waals surface area contributed by atoms with Crippen LogP contribution in [0.5, 0.6) is 0 Å². The third-order valence-electron chi connectivity index (χ3n) is 0.939. The van der Waals surface area contributed by atoms with Crippen molar-refractivity contribution in [2.75, 3.05) is 6.61 Å². The SMILES string of the molecule is CC(=O)OC(C)COC(C)O. The van der Waals surface area contributed by atoms with Crippen LogP contribution in [0, 0.1) is 0 Å². The Morgan fingerprint density at radius 3 is 2.45 bits per heavy atom. The molecule has 0 saturated heterocycles. The van der Waals surface area contributed by atoms with Crippen molar-refractivity contribution in [3.05, 3.63) is 0 Å². The van der Waals surface area contributed by atoms with Crippen LogP contribution in [0.1, 0.15) is 20.8 Å². The second-order valence-electron chi connectivity index (χ2n) is 2.35. The van der Waals surface area contributed by atoms with Crippen LogP contribution < -0.4 is 0 Å². The maximum atomic E-state index is 10.4. The number of aliphatic hydroxyl groups excluding tert-OH is 1. The number of carbonyl (C=O) groups is 1. The number of rotatable bonds is 4. The van der Waals surface area contributed by atoms with Crippen LogP contribution in [0.15, 0.2) is 0 Å². The first kappa shape index (κ1) is 10.4. The molecule has 0 bridgehead atoms. The molecule has 0 heterocycles. The van der Waals surface area contributed by atoms with Gasteiger partial charge in [-0.15, -0.1) is 0 Å². The molecule has 1 N–H and O–H groups in total. The highest BCUT2D eigenvalue weighted by molar-refractivity contribution is 5.66. The molecule has 0 aromatic rings. The molecule has 0 aliphatic heterocycles. The summed E-state index contributed by atoms with van der Waals surface area (Å²) in [6, 6.07) is 0. The molecule has 0 aliphatic carbocycles. The fourth-order valence-corrected chi connectivity index (χ4v) is 0.592. The molecule has 0 saturated carbocycles. The van der Waals surface area contributed by atoms with E-state index in [-0.39, 0.29) is 18.7 Å². The molecular weight excluding hydrogens is 148 g/mol. The van der Waals surface area contributed by atoms with E-state index in [0.29, 0.717) is 0 Å². The van der Waals surface area contributed by atoms with Crippen molar-refractivity contribution in [2.45, 2.75) is 33.2 Å². The zero-order valence-corrected chi connectivity index (χ0v) is 7.03. The van der Waals surface area contributed by atoms with E-state index >= 15 is 0 Å².